The lowest BCUT2D eigenvalue weighted by Crippen LogP contribution is -2.16. The Morgan fingerprint density at radius 2 is 2.15 bits per heavy atom. The number of nitrogens with zero attached hydrogens (tertiary/aromatic N) is 2. The first-order valence-corrected chi connectivity index (χ1v) is 9.48. The summed E-state index contributed by atoms with van der Waals surface area (Å²) in [6.45, 7) is 1.37. The highest BCUT2D eigenvalue weighted by Crippen LogP contribution is 2.27. The molecule has 0 aliphatic heterocycles. The SMILES string of the molecule is Cn1c(CO)nc2cc(CNCCc3ccc(O)c4[nH]c(=O)sc34)ccc21. The van der Waals surface area contributed by atoms with Crippen LogP contribution >= 0.6 is 11.3 Å². The summed E-state index contributed by atoms with van der Waals surface area (Å²) in [4.78, 5) is 18.5. The molecule has 0 unspecified atom stereocenters. The molecular weight excluding hydrogens is 364 g/mol. The number of aryl methyl sites for hydroxylation is 1. The van der Waals surface area contributed by atoms with Gasteiger partial charge in [-0.15, -0.1) is 0 Å². The number of H-pyrrole nitrogens is 1. The predicted molar refractivity (Wildman–Crippen MR) is 106 cm³/mol. The van der Waals surface area contributed by atoms with E-state index in [0.717, 1.165) is 51.2 Å². The number of aromatic hydroxyl groups is 1. The number of fused-ring (bicyclic) bond motifs is 2. The monoisotopic (exact) mass is 384 g/mol. The molecule has 0 aliphatic rings. The third-order valence-corrected chi connectivity index (χ3v) is 5.68. The van der Waals surface area contributed by atoms with E-state index >= 15 is 0 Å². The third kappa shape index (κ3) is 3.34. The van der Waals surface area contributed by atoms with Crippen molar-refractivity contribution in [1.29, 1.82) is 0 Å². The molecule has 2 aromatic carbocycles. The third-order valence-electron chi connectivity index (χ3n) is 4.72. The molecule has 0 fully saturated rings. The summed E-state index contributed by atoms with van der Waals surface area (Å²) in [6.07, 6.45) is 0.755. The number of imidazole rings is 1. The number of benzene rings is 2. The number of aromatic amines is 1. The summed E-state index contributed by atoms with van der Waals surface area (Å²) in [5.41, 5.74) is 4.54. The zero-order chi connectivity index (χ0) is 19.0. The maximum atomic E-state index is 11.6. The molecule has 0 amide bonds. The van der Waals surface area contributed by atoms with Crippen LogP contribution in [-0.4, -0.2) is 31.3 Å². The second-order valence-electron chi connectivity index (χ2n) is 6.46. The number of hydrogen-bond acceptors (Lipinski definition) is 6. The van der Waals surface area contributed by atoms with Crippen molar-refractivity contribution in [2.45, 2.75) is 19.6 Å². The van der Waals surface area contributed by atoms with Crippen LogP contribution in [0.4, 0.5) is 0 Å². The van der Waals surface area contributed by atoms with Crippen LogP contribution in [0.15, 0.2) is 35.1 Å². The van der Waals surface area contributed by atoms with Crippen molar-refractivity contribution in [3.05, 3.63) is 57.0 Å². The molecule has 0 bridgehead atoms. The highest BCUT2D eigenvalue weighted by molar-refractivity contribution is 7.16. The summed E-state index contributed by atoms with van der Waals surface area (Å²) >= 11 is 1.12. The average Bonchev–Trinajstić information content (AvgIpc) is 3.21. The highest BCUT2D eigenvalue weighted by Gasteiger charge is 2.10. The molecule has 27 heavy (non-hydrogen) atoms. The molecule has 2 aromatic heterocycles. The van der Waals surface area contributed by atoms with Gasteiger partial charge in [-0.3, -0.25) is 4.79 Å². The number of aliphatic hydroxyl groups is 1. The van der Waals surface area contributed by atoms with Gasteiger partial charge in [0.2, 0.25) is 0 Å². The van der Waals surface area contributed by atoms with Gasteiger partial charge in [0, 0.05) is 13.6 Å². The second-order valence-corrected chi connectivity index (χ2v) is 7.44. The van der Waals surface area contributed by atoms with Crippen LogP contribution in [0.1, 0.15) is 17.0 Å². The van der Waals surface area contributed by atoms with Crippen molar-refractivity contribution in [1.82, 2.24) is 19.9 Å². The fourth-order valence-electron chi connectivity index (χ4n) is 3.27. The average molecular weight is 384 g/mol. The Morgan fingerprint density at radius 1 is 1.30 bits per heavy atom. The van der Waals surface area contributed by atoms with Crippen molar-refractivity contribution in [3.63, 3.8) is 0 Å². The minimum atomic E-state index is -0.161. The first-order chi connectivity index (χ1) is 13.1. The van der Waals surface area contributed by atoms with Crippen molar-refractivity contribution >= 4 is 32.6 Å². The molecule has 8 heteroatoms. The number of phenolic OH excluding ortho intramolecular Hbond substituents is 1. The first kappa shape index (κ1) is 17.7. The number of rotatable bonds is 6. The molecular formula is C19H20N4O3S. The summed E-state index contributed by atoms with van der Waals surface area (Å²) in [5.74, 6) is 0.753. The zero-order valence-corrected chi connectivity index (χ0v) is 15.6. The fourth-order valence-corrected chi connectivity index (χ4v) is 4.17. The molecule has 4 rings (SSSR count). The van der Waals surface area contributed by atoms with Gasteiger partial charge in [0.05, 0.1) is 15.7 Å². The minimum absolute atomic E-state index is 0.0783. The predicted octanol–water partition coefficient (Wildman–Crippen LogP) is 2.01. The van der Waals surface area contributed by atoms with Gasteiger partial charge in [0.15, 0.2) is 0 Å². The highest BCUT2D eigenvalue weighted by atomic mass is 32.1. The van der Waals surface area contributed by atoms with Crippen LogP contribution in [0.5, 0.6) is 5.75 Å². The van der Waals surface area contributed by atoms with Gasteiger partial charge in [-0.25, -0.2) is 4.98 Å². The molecule has 0 atom stereocenters. The molecule has 0 aliphatic carbocycles. The summed E-state index contributed by atoms with van der Waals surface area (Å²) in [7, 11) is 1.90. The van der Waals surface area contributed by atoms with Crippen LogP contribution < -0.4 is 10.2 Å². The molecule has 4 aromatic rings. The molecule has 0 spiro atoms. The van der Waals surface area contributed by atoms with Crippen molar-refractivity contribution in [2.75, 3.05) is 6.54 Å². The largest absolute Gasteiger partial charge is 0.506 e. The van der Waals surface area contributed by atoms with E-state index in [2.05, 4.69) is 21.4 Å². The lowest BCUT2D eigenvalue weighted by atomic mass is 10.1. The van der Waals surface area contributed by atoms with Gasteiger partial charge in [-0.2, -0.15) is 0 Å². The topological polar surface area (TPSA) is 103 Å². The maximum Gasteiger partial charge on any atom is 0.305 e. The Kier molecular flexibility index (Phi) is 4.69. The summed E-state index contributed by atoms with van der Waals surface area (Å²) in [5, 5.41) is 22.6. The van der Waals surface area contributed by atoms with E-state index in [1.54, 1.807) is 6.07 Å². The van der Waals surface area contributed by atoms with E-state index in [4.69, 9.17) is 0 Å². The van der Waals surface area contributed by atoms with Crippen molar-refractivity contribution in [3.8, 4) is 5.75 Å². The van der Waals surface area contributed by atoms with E-state index in [0.29, 0.717) is 17.9 Å². The van der Waals surface area contributed by atoms with Gasteiger partial charge < -0.3 is 25.1 Å². The number of aliphatic hydroxyl groups excluding tert-OH is 1. The Labute approximate surface area is 158 Å². The van der Waals surface area contributed by atoms with E-state index in [1.807, 2.05) is 29.8 Å². The van der Waals surface area contributed by atoms with Crippen LogP contribution in [0.3, 0.4) is 0 Å². The molecule has 0 saturated carbocycles. The molecule has 140 valence electrons. The number of thiazole rings is 1. The quantitative estimate of drug-likeness (QED) is 0.381. The zero-order valence-electron chi connectivity index (χ0n) is 14.8. The Balaban J connectivity index is 1.42. The lowest BCUT2D eigenvalue weighted by molar-refractivity contribution is 0.268. The Bertz CT molecular complexity index is 1180. The molecule has 0 radical (unpaired) electrons. The number of hydrogen-bond donors (Lipinski definition) is 4. The van der Waals surface area contributed by atoms with E-state index in [1.165, 1.54) is 0 Å². The Hall–Kier alpha value is -2.68. The van der Waals surface area contributed by atoms with Gasteiger partial charge in [0.1, 0.15) is 23.7 Å². The number of nitrogens with one attached hydrogen (secondary N) is 2. The van der Waals surface area contributed by atoms with E-state index in [-0.39, 0.29) is 17.2 Å². The van der Waals surface area contributed by atoms with Gasteiger partial charge >= 0.3 is 4.87 Å². The number of phenols is 1. The normalized spacial score (nSPS) is 11.6. The van der Waals surface area contributed by atoms with Crippen LogP contribution in [0, 0.1) is 0 Å². The minimum Gasteiger partial charge on any atom is -0.506 e. The van der Waals surface area contributed by atoms with E-state index < -0.39 is 0 Å². The summed E-state index contributed by atoms with van der Waals surface area (Å²) < 4.78 is 2.71. The molecule has 4 N–H and O–H groups in total. The molecule has 2 heterocycles. The second kappa shape index (κ2) is 7.15. The fraction of sp³-hybridized carbons (Fsp3) is 0.263. The van der Waals surface area contributed by atoms with Crippen molar-refractivity contribution in [2.24, 2.45) is 7.05 Å². The smallest absolute Gasteiger partial charge is 0.305 e. The van der Waals surface area contributed by atoms with Gasteiger partial charge in [-0.05, 0) is 42.3 Å². The maximum absolute atomic E-state index is 11.6. The lowest BCUT2D eigenvalue weighted by Gasteiger charge is -2.07. The Morgan fingerprint density at radius 3 is 2.96 bits per heavy atom. The van der Waals surface area contributed by atoms with Crippen LogP contribution in [-0.2, 0) is 26.6 Å². The molecule has 7 nitrogen and oxygen atoms in total. The van der Waals surface area contributed by atoms with Crippen LogP contribution in [0.25, 0.3) is 21.3 Å². The molecule has 0 saturated heterocycles. The first-order valence-electron chi connectivity index (χ1n) is 8.66. The van der Waals surface area contributed by atoms with Crippen LogP contribution in [0.2, 0.25) is 0 Å². The summed E-state index contributed by atoms with van der Waals surface area (Å²) in [6, 6.07) is 9.57. The van der Waals surface area contributed by atoms with Gasteiger partial charge in [0.25, 0.3) is 0 Å². The van der Waals surface area contributed by atoms with E-state index in [9.17, 15) is 15.0 Å². The van der Waals surface area contributed by atoms with Gasteiger partial charge in [-0.1, -0.05) is 23.5 Å². The number of aromatic nitrogens is 3. The standard InChI is InChI=1S/C19H20N4O3S/c1-23-14-4-2-11(8-13(14)21-16(23)10-24)9-20-7-6-12-3-5-15(25)17-18(12)27-19(26)22-17/h2-5,8,20,24-25H,6-7,9-10H2,1H3,(H,22,26). The van der Waals surface area contributed by atoms with Crippen molar-refractivity contribution < 1.29 is 10.2 Å².